The molecule has 1 nitrogen and oxygen atoms in total. The fourth-order valence-corrected chi connectivity index (χ4v) is 2.00. The van der Waals surface area contributed by atoms with Crippen LogP contribution in [0.25, 0.3) is 6.08 Å². The molecule has 2 aromatic rings. The van der Waals surface area contributed by atoms with Gasteiger partial charge in [-0.1, -0.05) is 48.9 Å². The van der Waals surface area contributed by atoms with Crippen molar-refractivity contribution in [2.75, 3.05) is 0 Å². The van der Waals surface area contributed by atoms with Crippen molar-refractivity contribution in [3.05, 3.63) is 71.0 Å². The Morgan fingerprint density at radius 1 is 1.05 bits per heavy atom. The zero-order valence-electron chi connectivity index (χ0n) is 12.6. The van der Waals surface area contributed by atoms with E-state index in [1.807, 2.05) is 31.2 Å². The number of benzene rings is 2. The Bertz CT molecular complexity index is 582. The molecule has 2 heteroatoms. The lowest BCUT2D eigenvalue weighted by molar-refractivity contribution is 0.306. The predicted octanol–water partition coefficient (Wildman–Crippen LogP) is 5.68. The molecular formula is C19H21FO. The number of halogens is 1. The fraction of sp³-hybridized carbons (Fsp3) is 0.263. The van der Waals surface area contributed by atoms with Gasteiger partial charge < -0.3 is 4.74 Å². The summed E-state index contributed by atoms with van der Waals surface area (Å²) < 4.78 is 19.1. The average molecular weight is 284 g/mol. The van der Waals surface area contributed by atoms with Gasteiger partial charge in [0, 0.05) is 0 Å². The minimum atomic E-state index is -0.0779. The first-order valence-electron chi connectivity index (χ1n) is 7.32. The summed E-state index contributed by atoms with van der Waals surface area (Å²) >= 11 is 0. The van der Waals surface area contributed by atoms with Crippen molar-refractivity contribution < 1.29 is 9.13 Å². The van der Waals surface area contributed by atoms with Gasteiger partial charge >= 0.3 is 0 Å². The Morgan fingerprint density at radius 3 is 2.33 bits per heavy atom. The van der Waals surface area contributed by atoms with Gasteiger partial charge in [-0.25, -0.2) is 4.39 Å². The summed E-state index contributed by atoms with van der Waals surface area (Å²) in [5.74, 6) is 0.717. The molecule has 0 saturated heterocycles. The van der Waals surface area contributed by atoms with Crippen LogP contribution < -0.4 is 4.74 Å². The molecule has 0 atom stereocenters. The van der Waals surface area contributed by atoms with Gasteiger partial charge in [0.2, 0.25) is 0 Å². The van der Waals surface area contributed by atoms with Crippen LogP contribution in [0.4, 0.5) is 4.39 Å². The number of rotatable bonds is 6. The van der Waals surface area contributed by atoms with Gasteiger partial charge in [-0.2, -0.15) is 0 Å². The van der Waals surface area contributed by atoms with E-state index in [0.29, 0.717) is 13.0 Å². The molecule has 0 heterocycles. The van der Waals surface area contributed by atoms with Crippen molar-refractivity contribution in [3.8, 4) is 5.75 Å². The maximum Gasteiger partial charge on any atom is 0.119 e. The average Bonchev–Trinajstić information content (AvgIpc) is 2.48. The van der Waals surface area contributed by atoms with Gasteiger partial charge in [0.25, 0.3) is 0 Å². The molecule has 0 bridgehead atoms. The topological polar surface area (TPSA) is 9.23 Å². The number of hydrogen-bond acceptors (Lipinski definition) is 1. The Morgan fingerprint density at radius 2 is 1.71 bits per heavy atom. The first-order chi connectivity index (χ1) is 10.2. The summed E-state index contributed by atoms with van der Waals surface area (Å²) in [6.07, 6.45) is 2.89. The van der Waals surface area contributed by atoms with E-state index in [9.17, 15) is 4.39 Å². The van der Waals surface area contributed by atoms with Crippen LogP contribution in [-0.4, -0.2) is 0 Å². The maximum absolute atomic E-state index is 13.4. The Labute approximate surface area is 126 Å². The summed E-state index contributed by atoms with van der Waals surface area (Å²) in [7, 11) is 0. The van der Waals surface area contributed by atoms with Crippen LogP contribution in [0.1, 0.15) is 36.5 Å². The standard InChI is InChI=1S/C19H21FO/c1-3-4-18(20)13-16-9-11-19(12-10-16)21-14-17-7-5-15(2)6-8-17/h5-13H,3-4,14H2,1-2H3. The lowest BCUT2D eigenvalue weighted by Gasteiger charge is -2.07. The lowest BCUT2D eigenvalue weighted by atomic mass is 10.1. The van der Waals surface area contributed by atoms with E-state index in [2.05, 4.69) is 31.2 Å². The highest BCUT2D eigenvalue weighted by atomic mass is 19.1. The largest absolute Gasteiger partial charge is 0.489 e. The first-order valence-corrected chi connectivity index (χ1v) is 7.32. The van der Waals surface area contributed by atoms with E-state index in [0.717, 1.165) is 23.3 Å². The number of hydrogen-bond donors (Lipinski definition) is 0. The van der Waals surface area contributed by atoms with E-state index in [4.69, 9.17) is 4.74 Å². The predicted molar refractivity (Wildman–Crippen MR) is 85.9 cm³/mol. The Balaban J connectivity index is 1.93. The summed E-state index contributed by atoms with van der Waals surface area (Å²) in [6, 6.07) is 15.8. The zero-order chi connectivity index (χ0) is 15.1. The van der Waals surface area contributed by atoms with Crippen molar-refractivity contribution in [1.82, 2.24) is 0 Å². The SMILES string of the molecule is CCCC(F)=Cc1ccc(OCc2ccc(C)cc2)cc1. The van der Waals surface area contributed by atoms with Crippen molar-refractivity contribution in [3.63, 3.8) is 0 Å². The molecule has 0 aliphatic rings. The molecule has 2 aromatic carbocycles. The van der Waals surface area contributed by atoms with Gasteiger partial charge in [-0.05, 0) is 49.1 Å². The molecule has 0 amide bonds. The zero-order valence-corrected chi connectivity index (χ0v) is 12.6. The van der Waals surface area contributed by atoms with E-state index in [1.165, 1.54) is 5.56 Å². The number of allylic oxidation sites excluding steroid dienone is 1. The molecule has 0 aromatic heterocycles. The van der Waals surface area contributed by atoms with Gasteiger partial charge in [-0.3, -0.25) is 0 Å². The normalized spacial score (nSPS) is 11.5. The second-order valence-corrected chi connectivity index (χ2v) is 5.18. The number of ether oxygens (including phenoxy) is 1. The van der Waals surface area contributed by atoms with Crippen molar-refractivity contribution in [1.29, 1.82) is 0 Å². The highest BCUT2D eigenvalue weighted by molar-refractivity contribution is 5.52. The summed E-state index contributed by atoms with van der Waals surface area (Å²) in [4.78, 5) is 0. The Kier molecular flexibility index (Phi) is 5.56. The molecule has 0 saturated carbocycles. The highest BCUT2D eigenvalue weighted by Gasteiger charge is 1.98. The van der Waals surface area contributed by atoms with Crippen LogP contribution in [0, 0.1) is 6.92 Å². The molecule has 0 aliphatic heterocycles. The monoisotopic (exact) mass is 284 g/mol. The maximum atomic E-state index is 13.4. The quantitative estimate of drug-likeness (QED) is 0.662. The fourth-order valence-electron chi connectivity index (χ4n) is 2.00. The molecule has 0 radical (unpaired) electrons. The minimum Gasteiger partial charge on any atom is -0.489 e. The van der Waals surface area contributed by atoms with Crippen LogP contribution in [0.5, 0.6) is 5.75 Å². The first kappa shape index (κ1) is 15.3. The van der Waals surface area contributed by atoms with Gasteiger partial charge in [0.05, 0.1) is 0 Å². The van der Waals surface area contributed by atoms with Crippen molar-refractivity contribution in [2.24, 2.45) is 0 Å². The van der Waals surface area contributed by atoms with Gasteiger partial charge in [0.1, 0.15) is 18.2 Å². The Hall–Kier alpha value is -2.09. The summed E-state index contributed by atoms with van der Waals surface area (Å²) in [6.45, 7) is 4.57. The van der Waals surface area contributed by atoms with E-state index < -0.39 is 0 Å². The molecular weight excluding hydrogens is 263 g/mol. The van der Waals surface area contributed by atoms with Gasteiger partial charge in [-0.15, -0.1) is 0 Å². The third kappa shape index (κ3) is 5.07. The molecule has 2 rings (SSSR count). The van der Waals surface area contributed by atoms with Crippen molar-refractivity contribution >= 4 is 6.08 Å². The molecule has 0 spiro atoms. The van der Waals surface area contributed by atoms with E-state index >= 15 is 0 Å². The molecule has 110 valence electrons. The van der Waals surface area contributed by atoms with Crippen LogP contribution in [0.15, 0.2) is 54.4 Å². The van der Waals surface area contributed by atoms with Crippen LogP contribution >= 0.6 is 0 Å². The van der Waals surface area contributed by atoms with Gasteiger partial charge in [0.15, 0.2) is 0 Å². The smallest absolute Gasteiger partial charge is 0.119 e. The second kappa shape index (κ2) is 7.63. The molecule has 0 unspecified atom stereocenters. The summed E-state index contributed by atoms with van der Waals surface area (Å²) in [5, 5.41) is 0. The minimum absolute atomic E-state index is 0.0779. The molecule has 0 fully saturated rings. The third-order valence-corrected chi connectivity index (χ3v) is 3.22. The lowest BCUT2D eigenvalue weighted by Crippen LogP contribution is -1.95. The van der Waals surface area contributed by atoms with Crippen LogP contribution in [0.3, 0.4) is 0 Å². The summed E-state index contributed by atoms with van der Waals surface area (Å²) in [5.41, 5.74) is 3.24. The van der Waals surface area contributed by atoms with E-state index in [1.54, 1.807) is 6.08 Å². The van der Waals surface area contributed by atoms with Crippen LogP contribution in [-0.2, 0) is 6.61 Å². The number of aryl methyl sites for hydroxylation is 1. The van der Waals surface area contributed by atoms with E-state index in [-0.39, 0.29) is 5.83 Å². The second-order valence-electron chi connectivity index (χ2n) is 5.18. The molecule has 0 aliphatic carbocycles. The molecule has 21 heavy (non-hydrogen) atoms. The third-order valence-electron chi connectivity index (χ3n) is 3.22. The van der Waals surface area contributed by atoms with Crippen molar-refractivity contribution in [2.45, 2.75) is 33.3 Å². The molecule has 0 N–H and O–H groups in total. The van der Waals surface area contributed by atoms with Crippen LogP contribution in [0.2, 0.25) is 0 Å². The highest BCUT2D eigenvalue weighted by Crippen LogP contribution is 2.18.